The predicted molar refractivity (Wildman–Crippen MR) is 211 cm³/mol. The Morgan fingerprint density at radius 1 is 0.617 bits per heavy atom. The van der Waals surface area contributed by atoms with Gasteiger partial charge in [0.2, 0.25) is 0 Å². The molecule has 1 aliphatic heterocycles. The van der Waals surface area contributed by atoms with E-state index in [1.54, 1.807) is 12.7 Å². The number of aromatic amines is 2. The molecular formula is C42H75N5. The highest BCUT2D eigenvalue weighted by molar-refractivity contribution is 5.40. The average Bonchev–Trinajstić information content (AvgIpc) is 3.93. The summed E-state index contributed by atoms with van der Waals surface area (Å²) in [6, 6.07) is 17.4. The quantitative estimate of drug-likeness (QED) is 0.206. The van der Waals surface area contributed by atoms with Crippen LogP contribution in [0.4, 0.5) is 0 Å². The van der Waals surface area contributed by atoms with Gasteiger partial charge in [-0.3, -0.25) is 0 Å². The molecule has 268 valence electrons. The molecular weight excluding hydrogens is 574 g/mol. The summed E-state index contributed by atoms with van der Waals surface area (Å²) >= 11 is 0. The molecule has 5 heteroatoms. The first-order chi connectivity index (χ1) is 22.4. The van der Waals surface area contributed by atoms with Crippen LogP contribution in [-0.4, -0.2) is 19.9 Å². The van der Waals surface area contributed by atoms with Crippen molar-refractivity contribution < 1.29 is 0 Å². The Morgan fingerprint density at radius 2 is 1.04 bits per heavy atom. The zero-order valence-electron chi connectivity index (χ0n) is 32.3. The standard InChI is InChI=1S/C14H16N2.C13H15N3.2C3H8.4C2H6.CH4/c1-14(8-12-9-15-10-16-12)7-6-11-4-2-3-5-13(11)14;1-13(6-11-8-14-9-15-11)12-5-3-2-4-10(12)7-16-13;2*1-3-2;4*1-2;/h2-5,9-10H,6-8H2,1H3,(H,15,16);2-5,8-9,16H,6-7H2,1H3,(H,14,15);2*3H2,1-2H3;4*1-2H3;1H4. The van der Waals surface area contributed by atoms with Gasteiger partial charge in [0.25, 0.3) is 0 Å². The van der Waals surface area contributed by atoms with Crippen molar-refractivity contribution in [3.63, 3.8) is 0 Å². The first-order valence-electron chi connectivity index (χ1n) is 18.2. The Labute approximate surface area is 292 Å². The molecule has 0 saturated carbocycles. The van der Waals surface area contributed by atoms with Crippen LogP contribution in [0.1, 0.15) is 157 Å². The topological polar surface area (TPSA) is 69.4 Å². The molecule has 1 aliphatic carbocycles. The van der Waals surface area contributed by atoms with Gasteiger partial charge in [-0.15, -0.1) is 0 Å². The summed E-state index contributed by atoms with van der Waals surface area (Å²) in [7, 11) is 0. The van der Waals surface area contributed by atoms with E-state index in [4.69, 9.17) is 0 Å². The van der Waals surface area contributed by atoms with Crippen LogP contribution in [0.3, 0.4) is 0 Å². The molecule has 0 bridgehead atoms. The molecule has 6 rings (SSSR count). The summed E-state index contributed by atoms with van der Waals surface area (Å²) in [6.45, 7) is 30.1. The highest BCUT2D eigenvalue weighted by Crippen LogP contribution is 2.40. The van der Waals surface area contributed by atoms with Crippen LogP contribution in [-0.2, 0) is 36.8 Å². The summed E-state index contributed by atoms with van der Waals surface area (Å²) in [6.07, 6.45) is 14.3. The van der Waals surface area contributed by atoms with Crippen LogP contribution in [0.15, 0.2) is 73.6 Å². The minimum absolute atomic E-state index is 0. The van der Waals surface area contributed by atoms with E-state index in [0.717, 1.165) is 19.4 Å². The number of imidazole rings is 2. The van der Waals surface area contributed by atoms with Crippen molar-refractivity contribution in [3.8, 4) is 0 Å². The fourth-order valence-corrected chi connectivity index (χ4v) is 5.38. The van der Waals surface area contributed by atoms with Crippen LogP contribution < -0.4 is 5.32 Å². The molecule has 3 N–H and O–H groups in total. The van der Waals surface area contributed by atoms with Crippen molar-refractivity contribution in [3.05, 3.63) is 107 Å². The van der Waals surface area contributed by atoms with E-state index < -0.39 is 0 Å². The first-order valence-corrected chi connectivity index (χ1v) is 18.2. The van der Waals surface area contributed by atoms with E-state index in [1.165, 1.54) is 59.3 Å². The van der Waals surface area contributed by atoms with Crippen molar-refractivity contribution >= 4 is 0 Å². The lowest BCUT2D eigenvalue weighted by molar-refractivity contribution is 0.393. The van der Waals surface area contributed by atoms with Crippen molar-refractivity contribution in [1.82, 2.24) is 25.3 Å². The van der Waals surface area contributed by atoms with Crippen molar-refractivity contribution in [2.24, 2.45) is 0 Å². The molecule has 0 saturated heterocycles. The molecule has 47 heavy (non-hydrogen) atoms. The number of hydrogen-bond donors (Lipinski definition) is 3. The average molecular weight is 650 g/mol. The van der Waals surface area contributed by atoms with Crippen molar-refractivity contribution in [2.45, 2.75) is 160 Å². The Morgan fingerprint density at radius 3 is 1.51 bits per heavy atom. The number of H-pyrrole nitrogens is 2. The summed E-state index contributed by atoms with van der Waals surface area (Å²) in [5.41, 5.74) is 8.57. The number of fused-ring (bicyclic) bond motifs is 2. The lowest BCUT2D eigenvalue weighted by atomic mass is 9.80. The molecule has 0 spiro atoms. The Kier molecular flexibility index (Phi) is 29.7. The minimum Gasteiger partial charge on any atom is -0.348 e. The van der Waals surface area contributed by atoms with Gasteiger partial charge in [-0.05, 0) is 53.9 Å². The molecule has 0 fully saturated rings. The van der Waals surface area contributed by atoms with Gasteiger partial charge >= 0.3 is 0 Å². The maximum atomic E-state index is 4.10. The van der Waals surface area contributed by atoms with Crippen LogP contribution in [0.5, 0.6) is 0 Å². The number of nitrogens with zero attached hydrogens (tertiary/aromatic N) is 2. The zero-order valence-corrected chi connectivity index (χ0v) is 32.3. The van der Waals surface area contributed by atoms with E-state index in [-0.39, 0.29) is 18.4 Å². The number of aryl methyl sites for hydroxylation is 1. The molecule has 0 radical (unpaired) electrons. The number of benzene rings is 2. The summed E-state index contributed by atoms with van der Waals surface area (Å²) in [5.74, 6) is 0. The summed E-state index contributed by atoms with van der Waals surface area (Å²) < 4.78 is 0. The third kappa shape index (κ3) is 16.0. The fraction of sp³-hybridized carbons (Fsp3) is 0.571. The van der Waals surface area contributed by atoms with E-state index in [1.807, 2.05) is 67.8 Å². The molecule has 2 aromatic carbocycles. The number of nitrogens with one attached hydrogen (secondary N) is 3. The van der Waals surface area contributed by atoms with E-state index in [9.17, 15) is 0 Å². The maximum Gasteiger partial charge on any atom is 0.0921 e. The molecule has 5 nitrogen and oxygen atoms in total. The van der Waals surface area contributed by atoms with Gasteiger partial charge in [-0.25, -0.2) is 9.97 Å². The largest absolute Gasteiger partial charge is 0.348 e. The van der Waals surface area contributed by atoms with E-state index in [2.05, 4.69) is 115 Å². The van der Waals surface area contributed by atoms with Gasteiger partial charge < -0.3 is 15.3 Å². The van der Waals surface area contributed by atoms with Gasteiger partial charge in [0.05, 0.1) is 12.7 Å². The van der Waals surface area contributed by atoms with Gasteiger partial charge in [-0.1, -0.05) is 159 Å². The summed E-state index contributed by atoms with van der Waals surface area (Å²) in [5, 5.41) is 3.59. The van der Waals surface area contributed by atoms with Crippen molar-refractivity contribution in [1.29, 1.82) is 0 Å². The maximum absolute atomic E-state index is 4.10. The molecule has 2 atom stereocenters. The second-order valence-electron chi connectivity index (χ2n) is 11.0. The minimum atomic E-state index is 0. The molecule has 2 aromatic heterocycles. The molecule has 4 aromatic rings. The Bertz CT molecular complexity index is 1100. The van der Waals surface area contributed by atoms with Crippen molar-refractivity contribution in [2.75, 3.05) is 0 Å². The Hall–Kier alpha value is -3.18. The second kappa shape index (κ2) is 29.0. The third-order valence-corrected chi connectivity index (χ3v) is 7.13. The monoisotopic (exact) mass is 650 g/mol. The highest BCUT2D eigenvalue weighted by Gasteiger charge is 2.35. The molecule has 2 aliphatic rings. The predicted octanol–water partition coefficient (Wildman–Crippen LogP) is 12.4. The van der Waals surface area contributed by atoms with E-state index >= 15 is 0 Å². The molecule has 0 amide bonds. The second-order valence-corrected chi connectivity index (χ2v) is 11.0. The first kappa shape index (κ1) is 48.2. The van der Waals surface area contributed by atoms with Gasteiger partial charge in [0.1, 0.15) is 0 Å². The van der Waals surface area contributed by atoms with Crippen LogP contribution in [0.25, 0.3) is 0 Å². The Balaban J connectivity index is -0.000000590. The van der Waals surface area contributed by atoms with E-state index in [0.29, 0.717) is 0 Å². The SMILES string of the molecule is C.CC.CC.CC.CC.CC1(Cc2cnc[nH]2)CCc2ccccc21.CC1(Cc2cnc[nH]2)NCc2ccccc21.CCC.CCC. The summed E-state index contributed by atoms with van der Waals surface area (Å²) in [4.78, 5) is 14.5. The van der Waals surface area contributed by atoms with Gasteiger partial charge in [0.15, 0.2) is 0 Å². The lowest BCUT2D eigenvalue weighted by Gasteiger charge is -2.25. The molecule has 3 heterocycles. The molecule has 2 unspecified atom stereocenters. The highest BCUT2D eigenvalue weighted by atomic mass is 15.0. The third-order valence-electron chi connectivity index (χ3n) is 7.13. The number of hydrogen-bond acceptors (Lipinski definition) is 3. The smallest absolute Gasteiger partial charge is 0.0921 e. The van der Waals surface area contributed by atoms with Gasteiger partial charge in [0, 0.05) is 42.3 Å². The lowest BCUT2D eigenvalue weighted by Crippen LogP contribution is -2.35. The normalized spacial score (nSPS) is 17.1. The van der Waals surface area contributed by atoms with Crippen LogP contribution in [0, 0.1) is 0 Å². The fourth-order valence-electron chi connectivity index (χ4n) is 5.38. The number of rotatable bonds is 4. The zero-order chi connectivity index (χ0) is 35.4. The number of aromatic nitrogens is 4. The van der Waals surface area contributed by atoms with Crippen LogP contribution in [0.2, 0.25) is 0 Å². The van der Waals surface area contributed by atoms with Gasteiger partial charge in [-0.2, -0.15) is 0 Å². The van der Waals surface area contributed by atoms with Crippen LogP contribution >= 0.6 is 0 Å².